The van der Waals surface area contributed by atoms with Gasteiger partial charge in [-0.1, -0.05) is 19.1 Å². The Morgan fingerprint density at radius 1 is 1.29 bits per heavy atom. The molecule has 0 saturated carbocycles. The zero-order valence-electron chi connectivity index (χ0n) is 9.49. The van der Waals surface area contributed by atoms with E-state index >= 15 is 0 Å². The summed E-state index contributed by atoms with van der Waals surface area (Å²) in [5.41, 5.74) is 8.42. The van der Waals surface area contributed by atoms with Crippen LogP contribution >= 0.6 is 0 Å². The first-order valence-electron chi connectivity index (χ1n) is 5.59. The second-order valence-corrected chi connectivity index (χ2v) is 4.09. The topological polar surface area (TPSA) is 74.9 Å². The summed E-state index contributed by atoms with van der Waals surface area (Å²) in [5, 5.41) is 11.8. The van der Waals surface area contributed by atoms with E-state index in [1.165, 1.54) is 0 Å². The Labute approximate surface area is 98.1 Å². The molecule has 2 heterocycles. The highest BCUT2D eigenvalue weighted by molar-refractivity contribution is 6.10. The van der Waals surface area contributed by atoms with Crippen LogP contribution in [-0.4, -0.2) is 15.1 Å². The molecule has 0 fully saturated rings. The SMILES string of the molecule is CCc1nc(N)cc2c1[nH]c1c(O)cccc12. The van der Waals surface area contributed by atoms with Crippen LogP contribution in [0.3, 0.4) is 0 Å². The Morgan fingerprint density at radius 3 is 2.88 bits per heavy atom. The van der Waals surface area contributed by atoms with Crippen molar-refractivity contribution >= 4 is 27.6 Å². The average Bonchev–Trinajstić information content (AvgIpc) is 2.68. The van der Waals surface area contributed by atoms with Gasteiger partial charge in [0.1, 0.15) is 11.6 Å². The van der Waals surface area contributed by atoms with Crippen molar-refractivity contribution in [2.24, 2.45) is 0 Å². The normalized spacial score (nSPS) is 11.4. The molecular weight excluding hydrogens is 214 g/mol. The number of rotatable bonds is 1. The van der Waals surface area contributed by atoms with Crippen molar-refractivity contribution in [2.45, 2.75) is 13.3 Å². The van der Waals surface area contributed by atoms with Gasteiger partial charge >= 0.3 is 0 Å². The van der Waals surface area contributed by atoms with E-state index in [9.17, 15) is 5.11 Å². The molecule has 3 aromatic rings. The molecule has 0 atom stereocenters. The van der Waals surface area contributed by atoms with Crippen molar-refractivity contribution in [1.29, 1.82) is 0 Å². The molecule has 0 bridgehead atoms. The number of nitrogen functional groups attached to an aromatic ring is 1. The van der Waals surface area contributed by atoms with E-state index < -0.39 is 0 Å². The van der Waals surface area contributed by atoms with Crippen molar-refractivity contribution < 1.29 is 5.11 Å². The van der Waals surface area contributed by atoms with E-state index in [0.29, 0.717) is 5.82 Å². The van der Waals surface area contributed by atoms with E-state index in [1.54, 1.807) is 6.07 Å². The number of phenols is 1. The fourth-order valence-corrected chi connectivity index (χ4v) is 2.25. The number of aromatic amines is 1. The van der Waals surface area contributed by atoms with E-state index in [0.717, 1.165) is 33.9 Å². The van der Waals surface area contributed by atoms with E-state index in [1.807, 2.05) is 25.1 Å². The molecule has 17 heavy (non-hydrogen) atoms. The monoisotopic (exact) mass is 227 g/mol. The van der Waals surface area contributed by atoms with Gasteiger partial charge in [-0.2, -0.15) is 0 Å². The number of aromatic nitrogens is 2. The number of phenolic OH excluding ortho intramolecular Hbond substituents is 1. The average molecular weight is 227 g/mol. The summed E-state index contributed by atoms with van der Waals surface area (Å²) in [6, 6.07) is 7.30. The van der Waals surface area contributed by atoms with Crippen molar-refractivity contribution in [1.82, 2.24) is 9.97 Å². The van der Waals surface area contributed by atoms with Gasteiger partial charge in [0.05, 0.1) is 16.7 Å². The van der Waals surface area contributed by atoms with Gasteiger partial charge in [-0.25, -0.2) is 4.98 Å². The number of benzene rings is 1. The Kier molecular flexibility index (Phi) is 1.98. The van der Waals surface area contributed by atoms with Crippen molar-refractivity contribution in [3.63, 3.8) is 0 Å². The number of aryl methyl sites for hydroxylation is 1. The van der Waals surface area contributed by atoms with E-state index in [2.05, 4.69) is 9.97 Å². The number of nitrogens with zero attached hydrogens (tertiary/aromatic N) is 1. The highest BCUT2D eigenvalue weighted by Crippen LogP contribution is 2.32. The summed E-state index contributed by atoms with van der Waals surface area (Å²) in [6.45, 7) is 2.03. The van der Waals surface area contributed by atoms with Crippen LogP contribution in [0, 0.1) is 0 Å². The highest BCUT2D eigenvalue weighted by Gasteiger charge is 2.11. The molecule has 0 aliphatic carbocycles. The minimum Gasteiger partial charge on any atom is -0.506 e. The molecule has 0 aliphatic rings. The van der Waals surface area contributed by atoms with Gasteiger partial charge < -0.3 is 15.8 Å². The predicted octanol–water partition coefficient (Wildman–Crippen LogP) is 2.57. The molecule has 0 saturated heterocycles. The van der Waals surface area contributed by atoms with Gasteiger partial charge in [-0.3, -0.25) is 0 Å². The van der Waals surface area contributed by atoms with Crippen molar-refractivity contribution in [3.8, 4) is 5.75 Å². The van der Waals surface area contributed by atoms with Crippen LogP contribution in [0.15, 0.2) is 24.3 Å². The number of para-hydroxylation sites is 1. The van der Waals surface area contributed by atoms with Crippen LogP contribution in [0.1, 0.15) is 12.6 Å². The molecule has 0 radical (unpaired) electrons. The molecule has 86 valence electrons. The summed E-state index contributed by atoms with van der Waals surface area (Å²) < 4.78 is 0. The lowest BCUT2D eigenvalue weighted by atomic mass is 10.1. The third-order valence-corrected chi connectivity index (χ3v) is 3.03. The largest absolute Gasteiger partial charge is 0.506 e. The summed E-state index contributed by atoms with van der Waals surface area (Å²) in [4.78, 5) is 7.53. The van der Waals surface area contributed by atoms with Crippen LogP contribution in [0.25, 0.3) is 21.8 Å². The quantitative estimate of drug-likeness (QED) is 0.598. The maximum absolute atomic E-state index is 9.82. The molecule has 3 rings (SSSR count). The third kappa shape index (κ3) is 1.34. The van der Waals surface area contributed by atoms with Crippen LogP contribution in [0.4, 0.5) is 5.82 Å². The first-order chi connectivity index (χ1) is 8.20. The lowest BCUT2D eigenvalue weighted by Gasteiger charge is -2.00. The number of hydrogen-bond acceptors (Lipinski definition) is 3. The summed E-state index contributed by atoms with van der Waals surface area (Å²) in [7, 11) is 0. The molecule has 0 unspecified atom stereocenters. The maximum atomic E-state index is 9.82. The molecule has 1 aromatic carbocycles. The highest BCUT2D eigenvalue weighted by atomic mass is 16.3. The Balaban J connectivity index is 2.55. The van der Waals surface area contributed by atoms with Gasteiger partial charge in [-0.05, 0) is 18.6 Å². The molecule has 0 spiro atoms. The Morgan fingerprint density at radius 2 is 2.12 bits per heavy atom. The zero-order valence-corrected chi connectivity index (χ0v) is 9.49. The summed E-state index contributed by atoms with van der Waals surface area (Å²) >= 11 is 0. The molecule has 4 nitrogen and oxygen atoms in total. The number of hydrogen-bond donors (Lipinski definition) is 3. The maximum Gasteiger partial charge on any atom is 0.139 e. The molecule has 0 aliphatic heterocycles. The number of anilines is 1. The molecule has 0 amide bonds. The minimum absolute atomic E-state index is 0.249. The first kappa shape index (κ1) is 9.96. The number of H-pyrrole nitrogens is 1. The third-order valence-electron chi connectivity index (χ3n) is 3.03. The number of aromatic hydroxyl groups is 1. The summed E-state index contributed by atoms with van der Waals surface area (Å²) in [5.74, 6) is 0.762. The fourth-order valence-electron chi connectivity index (χ4n) is 2.25. The van der Waals surface area contributed by atoms with Gasteiger partial charge in [0.25, 0.3) is 0 Å². The number of pyridine rings is 1. The zero-order chi connectivity index (χ0) is 12.0. The predicted molar refractivity (Wildman–Crippen MR) is 69.1 cm³/mol. The second-order valence-electron chi connectivity index (χ2n) is 4.09. The lowest BCUT2D eigenvalue weighted by Crippen LogP contribution is -1.95. The molecule has 2 aromatic heterocycles. The fraction of sp³-hybridized carbons (Fsp3) is 0.154. The van der Waals surface area contributed by atoms with Crippen LogP contribution in [0.2, 0.25) is 0 Å². The van der Waals surface area contributed by atoms with Gasteiger partial charge in [0.15, 0.2) is 0 Å². The summed E-state index contributed by atoms with van der Waals surface area (Å²) in [6.07, 6.45) is 0.801. The Bertz CT molecular complexity index is 715. The number of fused-ring (bicyclic) bond motifs is 3. The van der Waals surface area contributed by atoms with Gasteiger partial charge in [0, 0.05) is 10.8 Å². The second kappa shape index (κ2) is 3.38. The molecule has 4 N–H and O–H groups in total. The molecular formula is C13H13N3O. The van der Waals surface area contributed by atoms with Crippen LogP contribution in [-0.2, 0) is 6.42 Å². The Hall–Kier alpha value is -2.23. The smallest absolute Gasteiger partial charge is 0.139 e. The number of nitrogens with one attached hydrogen (secondary N) is 1. The van der Waals surface area contributed by atoms with Crippen LogP contribution < -0.4 is 5.73 Å². The van der Waals surface area contributed by atoms with Crippen molar-refractivity contribution in [3.05, 3.63) is 30.0 Å². The van der Waals surface area contributed by atoms with Crippen LogP contribution in [0.5, 0.6) is 5.75 Å². The first-order valence-corrected chi connectivity index (χ1v) is 5.59. The van der Waals surface area contributed by atoms with E-state index in [-0.39, 0.29) is 5.75 Å². The standard InChI is InChI=1S/C13H13N3O/c1-2-9-12-8(6-11(14)15-9)7-4-3-5-10(17)13(7)16-12/h3-6,16-17H,2H2,1H3,(H2,14,15). The lowest BCUT2D eigenvalue weighted by molar-refractivity contribution is 0.480. The van der Waals surface area contributed by atoms with Gasteiger partial charge in [0.2, 0.25) is 0 Å². The van der Waals surface area contributed by atoms with Gasteiger partial charge in [-0.15, -0.1) is 0 Å². The van der Waals surface area contributed by atoms with Crippen molar-refractivity contribution in [2.75, 3.05) is 5.73 Å². The number of nitrogens with two attached hydrogens (primary N) is 1. The molecule has 4 heteroatoms. The minimum atomic E-state index is 0.249. The van der Waals surface area contributed by atoms with E-state index in [4.69, 9.17) is 5.73 Å².